The highest BCUT2D eigenvalue weighted by Gasteiger charge is 2.41. The van der Waals surface area contributed by atoms with Gasteiger partial charge in [0.1, 0.15) is 0 Å². The van der Waals surface area contributed by atoms with E-state index < -0.39 is 31.7 Å². The fourth-order valence-corrected chi connectivity index (χ4v) is 9.45. The van der Waals surface area contributed by atoms with Crippen LogP contribution in [0.4, 0.5) is 0 Å². The summed E-state index contributed by atoms with van der Waals surface area (Å²) in [6.45, 7) is 15.3. The van der Waals surface area contributed by atoms with Crippen molar-refractivity contribution in [2.45, 2.75) is 77.5 Å². The van der Waals surface area contributed by atoms with E-state index in [1.165, 1.54) is 42.7 Å². The van der Waals surface area contributed by atoms with Crippen LogP contribution in [0.3, 0.4) is 0 Å². The van der Waals surface area contributed by atoms with E-state index in [0.29, 0.717) is 17.6 Å². The Morgan fingerprint density at radius 2 is 1.02 bits per heavy atom. The van der Waals surface area contributed by atoms with Gasteiger partial charge >= 0.3 is 35.5 Å². The van der Waals surface area contributed by atoms with Crippen molar-refractivity contribution in [2.75, 3.05) is 83.0 Å². The first-order chi connectivity index (χ1) is 22.9. The first-order valence-electron chi connectivity index (χ1n) is 14.7. The number of carbonyl (C=O) groups is 3. The van der Waals surface area contributed by atoms with E-state index >= 15 is 0 Å². The van der Waals surface area contributed by atoms with Crippen molar-refractivity contribution in [2.24, 2.45) is 11.8 Å². The normalized spacial score (nSPS) is 10.8. The SMILES string of the molecule is C.C.C.C.C.C=C(C)C(=O)OC[Si](OC)(OC)OC.CO[Si](COC(=O)C(C)CS[B]SCSCC(C)C(=O)OC[Si](C)(C)C)(OC)OC.O.O.O.S[B]SCS. The van der Waals surface area contributed by atoms with Crippen molar-refractivity contribution in [3.63, 3.8) is 0 Å². The molecule has 0 saturated heterocycles. The lowest BCUT2D eigenvalue weighted by Crippen LogP contribution is -2.49. The van der Waals surface area contributed by atoms with E-state index in [9.17, 15) is 14.4 Å². The summed E-state index contributed by atoms with van der Waals surface area (Å²) in [6.07, 6.45) is 0.562. The number of ether oxygens (including phenoxy) is 3. The molecule has 0 rings (SSSR count). The van der Waals surface area contributed by atoms with Gasteiger partial charge in [-0.1, -0.05) is 77.2 Å². The first kappa shape index (κ1) is 85.0. The molecule has 0 aliphatic heterocycles. The third-order valence-corrected chi connectivity index (χ3v) is 16.2. The highest BCUT2D eigenvalue weighted by atomic mass is 32.2. The van der Waals surface area contributed by atoms with Crippen molar-refractivity contribution in [3.8, 4) is 0 Å². The standard InChI is InChI=1S/C17H36BO7S3Si2.C8H16O5Si.CH4BS3.5CH4.3H2O/c1-14(16(19)24-11-29(6,7)8)9-26-13-28-18-27-10-15(2)17(20)25-12-30(21-3,22-4)23-5;1-7(2)8(9)13-6-14(10-3,11-4)12-5;3-1-5-2-4;;;;;;;;/h14-15H,9-13H2,1-8H3;1,6H2,2-5H3;3-4H,1H2;5*1H4;3*1H2. The third-order valence-electron chi connectivity index (χ3n) is 5.59. The third kappa shape index (κ3) is 46.0. The van der Waals surface area contributed by atoms with Crippen LogP contribution in [0.15, 0.2) is 12.2 Å². The number of hydrogen-bond donors (Lipinski definition) is 2. The van der Waals surface area contributed by atoms with Gasteiger partial charge in [0, 0.05) is 64.2 Å². The highest BCUT2D eigenvalue weighted by Crippen LogP contribution is 2.20. The predicted molar refractivity (Wildman–Crippen MR) is 267 cm³/mol. The van der Waals surface area contributed by atoms with Crippen molar-refractivity contribution in [1.82, 2.24) is 0 Å². The summed E-state index contributed by atoms with van der Waals surface area (Å²) in [5.74, 6) is 3.85. The summed E-state index contributed by atoms with van der Waals surface area (Å²) in [5.41, 5.74) is 0.330. The number of hydrogen-bond acceptors (Lipinski definition) is 18. The molecule has 0 aliphatic rings. The molecule has 0 aliphatic carbocycles. The zero-order chi connectivity index (χ0) is 38.5. The average Bonchev–Trinajstić information content (AvgIpc) is 3.08. The molecule has 26 heteroatoms. The maximum Gasteiger partial charge on any atom is 0.539 e. The lowest BCUT2D eigenvalue weighted by molar-refractivity contribution is -0.147. The minimum absolute atomic E-state index is 0. The molecular formula is C31H82B2O15S6Si3. The number of carbonyl (C=O) groups excluding carboxylic acids is 3. The van der Waals surface area contributed by atoms with Crippen LogP contribution in [0.1, 0.15) is 57.9 Å². The lowest BCUT2D eigenvalue weighted by Gasteiger charge is -2.24. The monoisotopic (exact) mass is 992 g/mol. The fraction of sp³-hybridized carbons (Fsp3) is 0.839. The molecule has 350 valence electrons. The van der Waals surface area contributed by atoms with Gasteiger partial charge in [0.25, 0.3) is 11.7 Å². The molecule has 2 atom stereocenters. The Morgan fingerprint density at radius 3 is 1.33 bits per heavy atom. The van der Waals surface area contributed by atoms with Gasteiger partial charge in [-0.05, 0) is 12.7 Å². The minimum Gasteiger partial charge on any atom is -0.469 e. The summed E-state index contributed by atoms with van der Waals surface area (Å²) in [7, 11) is 1.71. The number of rotatable bonds is 25. The van der Waals surface area contributed by atoms with Crippen molar-refractivity contribution < 1.29 is 71.6 Å². The first-order valence-corrected chi connectivity index (χ1v) is 27.7. The Kier molecular flexibility index (Phi) is 76.1. The van der Waals surface area contributed by atoms with Crippen molar-refractivity contribution in [3.05, 3.63) is 12.2 Å². The molecule has 2 radical (unpaired) electrons. The molecule has 15 nitrogen and oxygen atoms in total. The molecule has 6 N–H and O–H groups in total. The summed E-state index contributed by atoms with van der Waals surface area (Å²) in [4.78, 5) is 35.2. The van der Waals surface area contributed by atoms with Gasteiger partial charge in [-0.3, -0.25) is 9.59 Å². The summed E-state index contributed by atoms with van der Waals surface area (Å²) >= 11 is 14.2. The Morgan fingerprint density at radius 1 is 0.649 bits per heavy atom. The van der Waals surface area contributed by atoms with Crippen LogP contribution in [0, 0.1) is 11.8 Å². The molecule has 0 aromatic rings. The predicted octanol–water partition coefficient (Wildman–Crippen LogP) is 5.63. The van der Waals surface area contributed by atoms with Crippen molar-refractivity contribution in [1.29, 1.82) is 0 Å². The molecule has 0 saturated carbocycles. The maximum absolute atomic E-state index is 12.1. The second kappa shape index (κ2) is 51.0. The molecule has 0 spiro atoms. The van der Waals surface area contributed by atoms with Gasteiger partial charge in [0.05, 0.1) is 26.1 Å². The highest BCUT2D eigenvalue weighted by molar-refractivity contribution is 8.52. The molecule has 0 amide bonds. The van der Waals surface area contributed by atoms with Crippen LogP contribution >= 0.6 is 71.7 Å². The molecule has 2 unspecified atom stereocenters. The van der Waals surface area contributed by atoms with Crippen LogP contribution < -0.4 is 0 Å². The molecule has 57 heavy (non-hydrogen) atoms. The van der Waals surface area contributed by atoms with Crippen LogP contribution in [0.2, 0.25) is 19.6 Å². The fourth-order valence-electron chi connectivity index (χ4n) is 2.56. The minimum atomic E-state index is -2.91. The zero-order valence-corrected chi connectivity index (χ0v) is 40.4. The maximum atomic E-state index is 12.1. The second-order valence-corrected chi connectivity index (χ2v) is 27.8. The Hall–Kier alpha value is 0.671. The van der Waals surface area contributed by atoms with Gasteiger partial charge in [-0.15, -0.1) is 0 Å². The van der Waals surface area contributed by atoms with E-state index in [1.807, 2.05) is 19.7 Å². The van der Waals surface area contributed by atoms with Crippen LogP contribution in [0.25, 0.3) is 0 Å². The van der Waals surface area contributed by atoms with Crippen LogP contribution in [-0.2, 0) is 55.2 Å². The molecule has 0 fully saturated rings. The zero-order valence-electron chi connectivity index (χ0n) is 32.4. The Bertz CT molecular complexity index is 900. The molecule has 0 heterocycles. The van der Waals surface area contributed by atoms with Crippen LogP contribution in [0.5, 0.6) is 0 Å². The number of thioether (sulfide) groups is 1. The molecular weight excluding hydrogens is 911 g/mol. The van der Waals surface area contributed by atoms with E-state index in [2.05, 4.69) is 51.3 Å². The Balaban J connectivity index is -0.0000000743. The quantitative estimate of drug-likeness (QED) is 0.0215. The van der Waals surface area contributed by atoms with Gasteiger partial charge in [-0.2, -0.15) is 47.6 Å². The van der Waals surface area contributed by atoms with Gasteiger partial charge < -0.3 is 57.2 Å². The van der Waals surface area contributed by atoms with Gasteiger partial charge in [-0.25, -0.2) is 28.9 Å². The molecule has 0 bridgehead atoms. The second-order valence-electron chi connectivity index (χ2n) is 11.0. The lowest BCUT2D eigenvalue weighted by atomic mass is 10.2. The summed E-state index contributed by atoms with van der Waals surface area (Å²) in [6, 6.07) is 0. The van der Waals surface area contributed by atoms with Gasteiger partial charge in [0.15, 0.2) is 12.5 Å². The average molecular weight is 993 g/mol. The molecule has 0 aromatic heterocycles. The largest absolute Gasteiger partial charge is 0.539 e. The van der Waals surface area contributed by atoms with Crippen molar-refractivity contribution >= 4 is 127 Å². The van der Waals surface area contributed by atoms with E-state index in [4.69, 9.17) is 40.8 Å². The van der Waals surface area contributed by atoms with E-state index in [-0.39, 0.29) is 89.8 Å². The molecule has 0 aromatic carbocycles. The van der Waals surface area contributed by atoms with Crippen LogP contribution in [-0.4, -0.2) is 155 Å². The number of esters is 3. The number of thiol groups is 2. The summed E-state index contributed by atoms with van der Waals surface area (Å²) < 4.78 is 46.5. The summed E-state index contributed by atoms with van der Waals surface area (Å²) in [5, 5.41) is 1.67. The topological polar surface area (TPSA) is 229 Å². The Labute approximate surface area is 380 Å². The smallest absolute Gasteiger partial charge is 0.469 e. The van der Waals surface area contributed by atoms with E-state index in [1.54, 1.807) is 59.4 Å². The van der Waals surface area contributed by atoms with E-state index in [0.717, 1.165) is 15.9 Å². The van der Waals surface area contributed by atoms with Gasteiger partial charge in [0.2, 0.25) is 0 Å².